The molecule has 2 nitrogen and oxygen atoms in total. The molecule has 1 fully saturated rings. The Morgan fingerprint density at radius 3 is 1.22 bits per heavy atom. The predicted octanol–water partition coefficient (Wildman–Crippen LogP) is 3.21. The molecule has 1 unspecified atom stereocenters. The van der Waals surface area contributed by atoms with Gasteiger partial charge in [-0.25, -0.2) is 5.32 Å². The fraction of sp³-hybridized carbons (Fsp3) is 0.109. The van der Waals surface area contributed by atoms with Gasteiger partial charge in [0.25, 0.3) is 0 Å². The summed E-state index contributed by atoms with van der Waals surface area (Å²) in [5, 5.41) is 13.1. The van der Waals surface area contributed by atoms with Gasteiger partial charge in [0, 0.05) is 29.1 Å². The molecule has 0 amide bonds. The normalized spacial score (nSPS) is 15.9. The van der Waals surface area contributed by atoms with Gasteiger partial charge in [-0.1, -0.05) is 202 Å². The number of nitrogens with zero attached hydrogens (tertiary/aromatic N) is 1. The molecule has 1 heterocycles. The van der Waals surface area contributed by atoms with Crippen LogP contribution in [0.4, 0.5) is 0 Å². The Morgan fingerprint density at radius 1 is 0.537 bits per heavy atom. The fourth-order valence-electron chi connectivity index (χ4n) is 5.75. The average Bonchev–Trinajstić information content (AvgIpc) is 4.00. The Morgan fingerprint density at radius 2 is 0.907 bits per heavy atom. The van der Waals surface area contributed by atoms with Crippen LogP contribution in [0.5, 0.6) is 0 Å². The minimum atomic E-state index is -0.636. The molecular weight excluding hydrogens is 872 g/mol. The first-order valence-electron chi connectivity index (χ1n) is 17.2. The minimum absolute atomic E-state index is 0. The number of rotatable bonds is 7. The maximum absolute atomic E-state index is 5.99. The van der Waals surface area contributed by atoms with Crippen molar-refractivity contribution in [1.29, 1.82) is 0 Å². The summed E-state index contributed by atoms with van der Waals surface area (Å²) in [5.41, 5.74) is 1.15. The van der Waals surface area contributed by atoms with Crippen LogP contribution in [0.2, 0.25) is 0 Å². The Labute approximate surface area is 360 Å². The minimum Gasteiger partial charge on any atom is -1.00 e. The Kier molecular flexibility index (Phi) is 22.0. The van der Waals surface area contributed by atoms with E-state index in [0.29, 0.717) is 12.5 Å². The quantitative estimate of drug-likeness (QED) is 0.182. The first kappa shape index (κ1) is 47.1. The summed E-state index contributed by atoms with van der Waals surface area (Å²) in [6.07, 6.45) is 16.5. The zero-order valence-electron chi connectivity index (χ0n) is 30.1. The van der Waals surface area contributed by atoms with Crippen LogP contribution in [0.3, 0.4) is 0 Å². The summed E-state index contributed by atoms with van der Waals surface area (Å²) in [6, 6.07) is 54.1. The van der Waals surface area contributed by atoms with Crippen molar-refractivity contribution >= 4 is 42.4 Å². The number of halogens is 2. The smallest absolute Gasteiger partial charge is 1.00 e. The third kappa shape index (κ3) is 13.0. The molecule has 1 saturated heterocycles. The van der Waals surface area contributed by atoms with E-state index in [9.17, 15) is 0 Å². The second-order valence-corrected chi connectivity index (χ2v) is 16.6. The van der Waals surface area contributed by atoms with E-state index < -0.39 is 15.8 Å². The zero-order valence-corrected chi connectivity index (χ0v) is 36.3. The number of allylic oxidation sites excluding steroid dienone is 9. The molecule has 5 aromatic rings. The zero-order chi connectivity index (χ0) is 34.4. The molecule has 1 atom stereocenters. The van der Waals surface area contributed by atoms with Crippen LogP contribution in [0, 0.1) is 12.3 Å². The van der Waals surface area contributed by atoms with Gasteiger partial charge in [0.1, 0.15) is 6.61 Å². The van der Waals surface area contributed by atoms with Gasteiger partial charge < -0.3 is 29.6 Å². The Balaban J connectivity index is 0.000000319. The van der Waals surface area contributed by atoms with Crippen LogP contribution in [-0.4, -0.2) is 12.6 Å². The molecule has 3 aliphatic rings. The molecule has 2 radical (unpaired) electrons. The molecule has 0 spiro atoms. The standard InChI is InChI=1S/C23H23NOP.C18H15P.C5H5.2ClH.Fe.Ru/c1-17(2)21-16-25-23(24-21)20-14-9-15-22(20)26(18-10-5-3-6-11-18)19-12-7-4-8-13-19;1-4-10-16(11-5-1)19(17-12-6-2-7-13-17)18-14-8-3-9-15-18;1-2-4-5-3-1;;;;/h3-15,17,21H,16H2,1-2H3;1-15H;1-5H;2*1H;;/q;;;;;;+2/p-2/b23-20-;;;;;;. The second kappa shape index (κ2) is 25.2. The van der Waals surface area contributed by atoms with E-state index >= 15 is 0 Å². The van der Waals surface area contributed by atoms with E-state index in [-0.39, 0.29) is 67.4 Å². The van der Waals surface area contributed by atoms with E-state index in [2.05, 4.69) is 184 Å². The van der Waals surface area contributed by atoms with Gasteiger partial charge >= 0.3 is 19.5 Å². The van der Waals surface area contributed by atoms with Crippen molar-refractivity contribution in [3.8, 4) is 0 Å². The number of hydrogen-bond acceptors (Lipinski definition) is 1. The first-order chi connectivity index (χ1) is 24.7. The molecule has 0 aromatic heterocycles. The van der Waals surface area contributed by atoms with Crippen molar-refractivity contribution in [3.05, 3.63) is 217 Å². The maximum Gasteiger partial charge on any atom is 2.00 e. The summed E-state index contributed by atoms with van der Waals surface area (Å²) in [4.78, 5) is 0. The van der Waals surface area contributed by atoms with E-state index in [1.165, 1.54) is 31.8 Å². The van der Waals surface area contributed by atoms with Gasteiger partial charge in [0.15, 0.2) is 0 Å². The molecule has 0 bridgehead atoms. The third-order valence-electron chi connectivity index (χ3n) is 8.34. The monoisotopic (exact) mass is 915 g/mol. The summed E-state index contributed by atoms with van der Waals surface area (Å²) in [6.45, 7) is 5.09. The van der Waals surface area contributed by atoms with Gasteiger partial charge in [0.2, 0.25) is 5.88 Å². The molecule has 54 heavy (non-hydrogen) atoms. The molecule has 0 saturated carbocycles. The molecular formula is C46H43Cl2FeNOP2Ru. The van der Waals surface area contributed by atoms with Crippen LogP contribution in [-0.2, 0) is 41.3 Å². The molecule has 0 N–H and O–H groups in total. The van der Waals surface area contributed by atoms with Crippen molar-refractivity contribution in [1.82, 2.24) is 5.32 Å². The summed E-state index contributed by atoms with van der Waals surface area (Å²) in [5.74, 6) is 1.30. The average molecular weight is 916 g/mol. The van der Waals surface area contributed by atoms with E-state index in [1.807, 2.05) is 30.7 Å². The number of ether oxygens (including phenoxy) is 1. The van der Waals surface area contributed by atoms with Crippen LogP contribution >= 0.6 is 15.8 Å². The van der Waals surface area contributed by atoms with Crippen molar-refractivity contribution in [3.63, 3.8) is 0 Å². The Bertz CT molecular complexity index is 1800. The van der Waals surface area contributed by atoms with Crippen molar-refractivity contribution in [2.24, 2.45) is 5.92 Å². The Hall–Kier alpha value is -3.02. The molecule has 2 aliphatic carbocycles. The third-order valence-corrected chi connectivity index (χ3v) is 13.3. The predicted molar refractivity (Wildman–Crippen MR) is 218 cm³/mol. The van der Waals surface area contributed by atoms with Gasteiger partial charge in [-0.2, -0.15) is 0 Å². The van der Waals surface area contributed by atoms with E-state index in [1.54, 1.807) is 0 Å². The second-order valence-electron chi connectivity index (χ2n) is 12.2. The summed E-state index contributed by atoms with van der Waals surface area (Å²) >= 11 is 0. The number of benzene rings is 5. The van der Waals surface area contributed by atoms with Gasteiger partial charge in [-0.05, 0) is 59.7 Å². The largest absolute Gasteiger partial charge is 2.00 e. The SMILES string of the molecule is CC(C)C1CO/C(=C2/C=CC=C2P(c2ccccc2)c2ccccc2)[N]1.[CH]1C=CC=C1.[Cl-].[Cl-].[Fe].[Ru+2].c1ccc(P(c2ccccc2)c2ccccc2)cc1. The van der Waals surface area contributed by atoms with Gasteiger partial charge in [0.05, 0.1) is 6.04 Å². The molecule has 5 aromatic carbocycles. The maximum atomic E-state index is 5.99. The summed E-state index contributed by atoms with van der Waals surface area (Å²) in [7, 11) is -1.08. The van der Waals surface area contributed by atoms with Crippen LogP contribution in [0.1, 0.15) is 13.8 Å². The van der Waals surface area contributed by atoms with Crippen molar-refractivity contribution in [2.75, 3.05) is 6.61 Å². The van der Waals surface area contributed by atoms with Crippen LogP contribution in [0.15, 0.2) is 211 Å². The van der Waals surface area contributed by atoms with Crippen molar-refractivity contribution < 1.29 is 66.1 Å². The van der Waals surface area contributed by atoms with Gasteiger partial charge in [-0.3, -0.25) is 0 Å². The van der Waals surface area contributed by atoms with Gasteiger partial charge in [-0.15, -0.1) is 0 Å². The molecule has 1 aliphatic heterocycles. The van der Waals surface area contributed by atoms with E-state index in [4.69, 9.17) is 10.1 Å². The van der Waals surface area contributed by atoms with Crippen LogP contribution in [0.25, 0.3) is 0 Å². The van der Waals surface area contributed by atoms with Crippen LogP contribution < -0.4 is 56.7 Å². The van der Waals surface area contributed by atoms with E-state index in [0.717, 1.165) is 11.5 Å². The first-order valence-corrected chi connectivity index (χ1v) is 19.9. The molecule has 8 rings (SSSR count). The van der Waals surface area contributed by atoms with Crippen molar-refractivity contribution in [2.45, 2.75) is 19.9 Å². The topological polar surface area (TPSA) is 23.3 Å². The molecule has 8 heteroatoms. The molecule has 278 valence electrons. The fourth-order valence-corrected chi connectivity index (χ4v) is 10.5. The number of hydrogen-bond donors (Lipinski definition) is 0. The summed E-state index contributed by atoms with van der Waals surface area (Å²) < 4.78 is 5.99.